The topological polar surface area (TPSA) is 73.1 Å². The molecule has 2 N–H and O–H groups in total. The van der Waals surface area contributed by atoms with Crippen molar-refractivity contribution >= 4 is 17.7 Å². The van der Waals surface area contributed by atoms with Gasteiger partial charge in [-0.1, -0.05) is 12.1 Å². The highest BCUT2D eigenvalue weighted by Gasteiger charge is 2.34. The molecule has 0 bridgehead atoms. The van der Waals surface area contributed by atoms with E-state index >= 15 is 0 Å². The summed E-state index contributed by atoms with van der Waals surface area (Å²) in [6.45, 7) is 0. The van der Waals surface area contributed by atoms with E-state index in [9.17, 15) is 19.6 Å². The molecule has 1 unspecified atom stereocenters. The van der Waals surface area contributed by atoms with E-state index in [4.69, 9.17) is 0 Å². The number of thioether (sulfide) groups is 1. The Kier molecular flexibility index (Phi) is 5.21. The van der Waals surface area contributed by atoms with Gasteiger partial charge in [-0.3, -0.25) is 4.79 Å². The number of carbonyl (C=O) groups excluding carboxylic acids is 1. The number of aliphatic hydroxyl groups is 1. The Morgan fingerprint density at radius 2 is 2.24 bits per heavy atom. The van der Waals surface area contributed by atoms with Crippen LogP contribution < -0.4 is 5.32 Å². The van der Waals surface area contributed by atoms with Crippen molar-refractivity contribution in [2.45, 2.75) is 30.9 Å². The van der Waals surface area contributed by atoms with Crippen molar-refractivity contribution in [2.24, 2.45) is 0 Å². The molecular formula is C15H17FN2O2S. The largest absolute Gasteiger partial charge is 0.388 e. The van der Waals surface area contributed by atoms with E-state index in [1.54, 1.807) is 17.8 Å². The molecule has 1 aromatic carbocycles. The van der Waals surface area contributed by atoms with Gasteiger partial charge < -0.3 is 10.4 Å². The minimum atomic E-state index is -1.07. The van der Waals surface area contributed by atoms with Gasteiger partial charge in [-0.05, 0) is 42.0 Å². The molecule has 4 nitrogen and oxygen atoms in total. The zero-order chi connectivity index (χ0) is 15.3. The molecule has 0 saturated carbocycles. The average Bonchev–Trinajstić information content (AvgIpc) is 2.48. The second-order valence-corrected chi connectivity index (χ2v) is 6.35. The molecule has 1 saturated heterocycles. The predicted octanol–water partition coefficient (Wildman–Crippen LogP) is 2.15. The monoisotopic (exact) mass is 308 g/mol. The number of benzene rings is 1. The van der Waals surface area contributed by atoms with Crippen LogP contribution in [0.1, 0.15) is 30.9 Å². The zero-order valence-corrected chi connectivity index (χ0v) is 12.3. The first-order chi connectivity index (χ1) is 10.0. The van der Waals surface area contributed by atoms with Crippen molar-refractivity contribution in [1.29, 1.82) is 5.26 Å². The summed E-state index contributed by atoms with van der Waals surface area (Å²) < 4.78 is 13.1. The summed E-state index contributed by atoms with van der Waals surface area (Å²) in [4.78, 5) is 12.0. The van der Waals surface area contributed by atoms with Crippen molar-refractivity contribution in [2.75, 3.05) is 11.5 Å². The van der Waals surface area contributed by atoms with Crippen molar-refractivity contribution in [1.82, 2.24) is 5.32 Å². The number of hydrogen-bond acceptors (Lipinski definition) is 4. The van der Waals surface area contributed by atoms with E-state index in [2.05, 4.69) is 11.4 Å². The SMILES string of the molecule is N#CC1(NC(=O)CC(O)c2cccc(F)c2)CCSCC1. The Balaban J connectivity index is 1.96. The third-order valence-electron chi connectivity index (χ3n) is 3.55. The molecule has 112 valence electrons. The normalized spacial score (nSPS) is 18.5. The number of halogens is 1. The van der Waals surface area contributed by atoms with Gasteiger partial charge in [0.1, 0.15) is 11.4 Å². The molecule has 21 heavy (non-hydrogen) atoms. The molecule has 0 spiro atoms. The van der Waals surface area contributed by atoms with Gasteiger partial charge in [-0.15, -0.1) is 0 Å². The number of amides is 1. The molecule has 1 aromatic rings. The van der Waals surface area contributed by atoms with Gasteiger partial charge in [0, 0.05) is 0 Å². The molecule has 1 fully saturated rings. The molecular weight excluding hydrogens is 291 g/mol. The van der Waals surface area contributed by atoms with E-state index in [0.29, 0.717) is 18.4 Å². The lowest BCUT2D eigenvalue weighted by Gasteiger charge is -2.31. The molecule has 1 heterocycles. The molecule has 0 aromatic heterocycles. The minimum absolute atomic E-state index is 0.181. The Labute approximate surface area is 127 Å². The van der Waals surface area contributed by atoms with Gasteiger partial charge in [-0.2, -0.15) is 17.0 Å². The highest BCUT2D eigenvalue weighted by atomic mass is 32.2. The molecule has 1 atom stereocenters. The maximum absolute atomic E-state index is 13.1. The molecule has 6 heteroatoms. The van der Waals surface area contributed by atoms with Gasteiger partial charge in [0.05, 0.1) is 18.6 Å². The van der Waals surface area contributed by atoms with Crippen LogP contribution in [-0.2, 0) is 4.79 Å². The minimum Gasteiger partial charge on any atom is -0.388 e. The number of carbonyl (C=O) groups is 1. The molecule has 1 aliphatic heterocycles. The smallest absolute Gasteiger partial charge is 0.224 e. The maximum Gasteiger partial charge on any atom is 0.224 e. The zero-order valence-electron chi connectivity index (χ0n) is 11.5. The second-order valence-electron chi connectivity index (χ2n) is 5.13. The van der Waals surface area contributed by atoms with Crippen LogP contribution in [0.5, 0.6) is 0 Å². The number of nitriles is 1. The number of hydrogen-bond donors (Lipinski definition) is 2. The fourth-order valence-corrected chi connectivity index (χ4v) is 3.50. The highest BCUT2D eigenvalue weighted by Crippen LogP contribution is 2.27. The van der Waals surface area contributed by atoms with E-state index in [-0.39, 0.29) is 12.3 Å². The number of rotatable bonds is 4. The first-order valence-corrected chi connectivity index (χ1v) is 7.94. The molecule has 0 aliphatic carbocycles. The van der Waals surface area contributed by atoms with Gasteiger partial charge in [0.25, 0.3) is 0 Å². The molecule has 2 rings (SSSR count). The Morgan fingerprint density at radius 3 is 2.86 bits per heavy atom. The fourth-order valence-electron chi connectivity index (χ4n) is 2.31. The number of nitrogens with one attached hydrogen (secondary N) is 1. The molecule has 0 radical (unpaired) electrons. The highest BCUT2D eigenvalue weighted by molar-refractivity contribution is 7.99. The van der Waals surface area contributed by atoms with Crippen LogP contribution in [0.15, 0.2) is 24.3 Å². The standard InChI is InChI=1S/C15H17FN2O2S/c16-12-3-1-2-11(8-12)13(19)9-14(20)18-15(10-17)4-6-21-7-5-15/h1-3,8,13,19H,4-7,9H2,(H,18,20). The van der Waals surface area contributed by atoms with Crippen LogP contribution in [-0.4, -0.2) is 28.1 Å². The van der Waals surface area contributed by atoms with Crippen LogP contribution in [0.4, 0.5) is 4.39 Å². The number of nitrogens with zero attached hydrogens (tertiary/aromatic N) is 1. The summed E-state index contributed by atoms with van der Waals surface area (Å²) in [6.07, 6.45) is -0.0409. The average molecular weight is 308 g/mol. The van der Waals surface area contributed by atoms with E-state index < -0.39 is 17.5 Å². The van der Waals surface area contributed by atoms with Crippen LogP contribution in [0.3, 0.4) is 0 Å². The first kappa shape index (κ1) is 15.8. The predicted molar refractivity (Wildman–Crippen MR) is 79.0 cm³/mol. The lowest BCUT2D eigenvalue weighted by Crippen LogP contribution is -2.50. The molecule has 1 aliphatic rings. The second kappa shape index (κ2) is 6.92. The van der Waals surface area contributed by atoms with Crippen LogP contribution >= 0.6 is 11.8 Å². The van der Waals surface area contributed by atoms with Crippen LogP contribution in [0.2, 0.25) is 0 Å². The van der Waals surface area contributed by atoms with Gasteiger partial charge in [-0.25, -0.2) is 4.39 Å². The quantitative estimate of drug-likeness (QED) is 0.894. The van der Waals surface area contributed by atoms with Crippen molar-refractivity contribution < 1.29 is 14.3 Å². The summed E-state index contributed by atoms with van der Waals surface area (Å²) in [5.41, 5.74) is -0.473. The Morgan fingerprint density at radius 1 is 1.52 bits per heavy atom. The maximum atomic E-state index is 13.1. The van der Waals surface area contributed by atoms with Crippen molar-refractivity contribution in [3.63, 3.8) is 0 Å². The van der Waals surface area contributed by atoms with Crippen molar-refractivity contribution in [3.8, 4) is 6.07 Å². The van der Waals surface area contributed by atoms with Crippen molar-refractivity contribution in [3.05, 3.63) is 35.6 Å². The lowest BCUT2D eigenvalue weighted by molar-refractivity contribution is -0.124. The van der Waals surface area contributed by atoms with E-state index in [1.807, 2.05) is 0 Å². The summed E-state index contributed by atoms with van der Waals surface area (Å²) in [6, 6.07) is 7.72. The van der Waals surface area contributed by atoms with Crippen LogP contribution in [0, 0.1) is 17.1 Å². The summed E-state index contributed by atoms with van der Waals surface area (Å²) in [5, 5.41) is 22.0. The number of aliphatic hydroxyl groups excluding tert-OH is 1. The summed E-state index contributed by atoms with van der Waals surface area (Å²) >= 11 is 1.76. The summed E-state index contributed by atoms with van der Waals surface area (Å²) in [5.74, 6) is 0.825. The molecule has 1 amide bonds. The summed E-state index contributed by atoms with van der Waals surface area (Å²) in [7, 11) is 0. The Bertz CT molecular complexity index is 553. The van der Waals surface area contributed by atoms with Gasteiger partial charge in [0.2, 0.25) is 5.91 Å². The third kappa shape index (κ3) is 4.19. The van der Waals surface area contributed by atoms with Gasteiger partial charge in [0.15, 0.2) is 0 Å². The van der Waals surface area contributed by atoms with E-state index in [0.717, 1.165) is 11.5 Å². The third-order valence-corrected chi connectivity index (χ3v) is 4.54. The van der Waals surface area contributed by atoms with Crippen LogP contribution in [0.25, 0.3) is 0 Å². The Hall–Kier alpha value is -1.58. The first-order valence-electron chi connectivity index (χ1n) is 6.78. The van der Waals surface area contributed by atoms with Gasteiger partial charge >= 0.3 is 0 Å². The van der Waals surface area contributed by atoms with E-state index in [1.165, 1.54) is 18.2 Å². The lowest BCUT2D eigenvalue weighted by atomic mass is 9.93. The fraction of sp³-hybridized carbons (Fsp3) is 0.467.